The van der Waals surface area contributed by atoms with Crippen molar-refractivity contribution in [2.24, 2.45) is 7.05 Å². The van der Waals surface area contributed by atoms with Crippen molar-refractivity contribution in [3.8, 4) is 0 Å². The van der Waals surface area contributed by atoms with Gasteiger partial charge in [-0.2, -0.15) is 0 Å². The molecule has 1 aromatic heterocycles. The molecule has 0 saturated carbocycles. The Bertz CT molecular complexity index is 561. The minimum atomic E-state index is 0.145. The Morgan fingerprint density at radius 3 is 3.00 bits per heavy atom. The molecule has 0 atom stereocenters. The van der Waals surface area contributed by atoms with Gasteiger partial charge in [0.15, 0.2) is 0 Å². The summed E-state index contributed by atoms with van der Waals surface area (Å²) in [6, 6.07) is 8.63. The van der Waals surface area contributed by atoms with Crippen LogP contribution in [0.15, 0.2) is 28.3 Å². The molecule has 2 heteroatoms. The van der Waals surface area contributed by atoms with Crippen molar-refractivity contribution in [1.29, 1.82) is 0 Å². The van der Waals surface area contributed by atoms with Crippen LogP contribution in [0.3, 0.4) is 0 Å². The van der Waals surface area contributed by atoms with Gasteiger partial charge in [0, 0.05) is 29.2 Å². The van der Waals surface area contributed by atoms with E-state index >= 15 is 0 Å². The summed E-state index contributed by atoms with van der Waals surface area (Å²) in [5, 5.41) is 1.40. The number of aromatic nitrogens is 1. The zero-order chi connectivity index (χ0) is 9.54. The number of benzene rings is 1. The molecule has 1 aliphatic heterocycles. The van der Waals surface area contributed by atoms with E-state index in [1.54, 1.807) is 0 Å². The van der Waals surface area contributed by atoms with Crippen molar-refractivity contribution in [1.82, 2.24) is 4.57 Å². The zero-order valence-electron chi connectivity index (χ0n) is 7.87. The Hall–Kier alpha value is -0.900. The molecule has 0 saturated heterocycles. The van der Waals surface area contributed by atoms with E-state index in [-0.39, 0.29) is 20.7 Å². The lowest BCUT2D eigenvalue weighted by atomic mass is 10.1. The van der Waals surface area contributed by atoms with Crippen molar-refractivity contribution >= 4 is 41.7 Å². The second kappa shape index (κ2) is 3.05. The first-order valence-corrected chi connectivity index (χ1v) is 7.06. The third kappa shape index (κ3) is 1.03. The fourth-order valence-corrected chi connectivity index (χ4v) is 3.72. The fourth-order valence-electron chi connectivity index (χ4n) is 1.95. The molecule has 1 nitrogen and oxygen atoms in total. The van der Waals surface area contributed by atoms with E-state index in [0.717, 1.165) is 0 Å². The van der Waals surface area contributed by atoms with Gasteiger partial charge in [0.25, 0.3) is 0 Å². The Morgan fingerprint density at radius 1 is 1.21 bits per heavy atom. The highest BCUT2D eigenvalue weighted by atomic mass is 127. The average Bonchev–Trinajstić information content (AvgIpc) is 2.55. The molecule has 0 spiro atoms. The number of hydrogen-bond acceptors (Lipinski definition) is 0. The van der Waals surface area contributed by atoms with Gasteiger partial charge in [0.2, 0.25) is 0 Å². The van der Waals surface area contributed by atoms with Crippen molar-refractivity contribution in [3.63, 3.8) is 0 Å². The topological polar surface area (TPSA) is 4.93 Å². The lowest BCUT2D eigenvalue weighted by molar-refractivity contribution is 0.954. The van der Waals surface area contributed by atoms with Crippen LogP contribution in [-0.2, 0) is 7.05 Å². The molecule has 0 amide bonds. The number of para-hydroxylation sites is 1. The maximum absolute atomic E-state index is 2.41. The van der Waals surface area contributed by atoms with E-state index in [1.165, 1.54) is 22.2 Å². The highest BCUT2D eigenvalue weighted by Crippen LogP contribution is 2.29. The van der Waals surface area contributed by atoms with E-state index in [4.69, 9.17) is 0 Å². The summed E-state index contributed by atoms with van der Waals surface area (Å²) in [5.41, 5.74) is 4.14. The molecule has 0 aliphatic carbocycles. The molecule has 2 heterocycles. The largest absolute Gasteiger partial charge is 0.344 e. The molecule has 14 heavy (non-hydrogen) atoms. The van der Waals surface area contributed by atoms with E-state index in [1.807, 2.05) is 0 Å². The third-order valence-electron chi connectivity index (χ3n) is 2.66. The first-order valence-electron chi connectivity index (χ1n) is 4.57. The lowest BCUT2D eigenvalue weighted by Crippen LogP contribution is -1.92. The second-order valence-electron chi connectivity index (χ2n) is 3.40. The summed E-state index contributed by atoms with van der Waals surface area (Å²) in [4.78, 5) is 0. The molecule has 1 aromatic carbocycles. The highest BCUT2D eigenvalue weighted by Gasteiger charge is 2.11. The Morgan fingerprint density at radius 2 is 2.07 bits per heavy atom. The number of nitrogens with zero attached hydrogens (tertiary/aromatic N) is 1. The fraction of sp³-hybridized carbons (Fsp3) is 0.0833. The Kier molecular flexibility index (Phi) is 1.83. The SMILES string of the molecule is Cn1c2c(c3ccccc31)C=IC=C2. The first-order chi connectivity index (χ1) is 6.88. The monoisotopic (exact) mass is 295 g/mol. The zero-order valence-corrected chi connectivity index (χ0v) is 10.0. The predicted octanol–water partition coefficient (Wildman–Crippen LogP) is 3.28. The first kappa shape index (κ1) is 8.41. The predicted molar refractivity (Wildman–Crippen MR) is 71.1 cm³/mol. The molecular weight excluding hydrogens is 285 g/mol. The summed E-state index contributed by atoms with van der Waals surface area (Å²) in [6.45, 7) is 0. The van der Waals surface area contributed by atoms with Crippen molar-refractivity contribution in [2.45, 2.75) is 0 Å². The van der Waals surface area contributed by atoms with Crippen LogP contribution in [0.5, 0.6) is 0 Å². The maximum Gasteiger partial charge on any atom is 0.0497 e. The summed E-state index contributed by atoms with van der Waals surface area (Å²) in [6.07, 6.45) is 2.27. The number of aryl methyl sites for hydroxylation is 1. The van der Waals surface area contributed by atoms with Gasteiger partial charge in [-0.25, -0.2) is 0 Å². The van der Waals surface area contributed by atoms with Crippen LogP contribution in [0, 0.1) is 0 Å². The number of rotatable bonds is 0. The summed E-state index contributed by atoms with van der Waals surface area (Å²) >= 11 is 0.145. The van der Waals surface area contributed by atoms with Gasteiger partial charge in [-0.1, -0.05) is 38.9 Å². The van der Waals surface area contributed by atoms with Crippen LogP contribution in [0.1, 0.15) is 11.3 Å². The molecule has 0 bridgehead atoms. The molecule has 70 valence electrons. The standard InChI is InChI=1S/C12H10IN/c1-14-11-5-3-2-4-9(11)10-8-13-7-6-12(10)14/h2-8H,1H3. The van der Waals surface area contributed by atoms with Gasteiger partial charge in [0.05, 0.1) is 0 Å². The van der Waals surface area contributed by atoms with Gasteiger partial charge in [-0.3, -0.25) is 0 Å². The normalized spacial score (nSPS) is 14.1. The summed E-state index contributed by atoms with van der Waals surface area (Å²) in [5.74, 6) is 0. The Labute approximate surface area is 92.8 Å². The molecule has 0 radical (unpaired) electrons. The van der Waals surface area contributed by atoms with Gasteiger partial charge in [0.1, 0.15) is 0 Å². The summed E-state index contributed by atoms with van der Waals surface area (Å²) in [7, 11) is 2.14. The van der Waals surface area contributed by atoms with Crippen LogP contribution < -0.4 is 0 Å². The van der Waals surface area contributed by atoms with Crippen LogP contribution >= 0.6 is 20.7 Å². The minimum Gasteiger partial charge on any atom is -0.344 e. The molecule has 3 rings (SSSR count). The second-order valence-corrected chi connectivity index (χ2v) is 5.46. The smallest absolute Gasteiger partial charge is 0.0497 e. The third-order valence-corrected chi connectivity index (χ3v) is 4.42. The molecule has 1 aliphatic rings. The van der Waals surface area contributed by atoms with Gasteiger partial charge in [-0.15, -0.1) is 0 Å². The van der Waals surface area contributed by atoms with E-state index in [2.05, 4.69) is 50.1 Å². The molecular formula is C12H10IN. The minimum absolute atomic E-state index is 0.145. The van der Waals surface area contributed by atoms with Crippen LogP contribution in [-0.4, -0.2) is 8.58 Å². The number of fused-ring (bicyclic) bond motifs is 3. The van der Waals surface area contributed by atoms with Crippen molar-refractivity contribution in [3.05, 3.63) is 39.6 Å². The Balaban J connectivity index is 2.54. The highest BCUT2D eigenvalue weighted by molar-refractivity contribution is 14.2. The van der Waals surface area contributed by atoms with Gasteiger partial charge < -0.3 is 4.57 Å². The quantitative estimate of drug-likeness (QED) is 0.657. The number of halogens is 1. The molecule has 2 aromatic rings. The average molecular weight is 295 g/mol. The lowest BCUT2D eigenvalue weighted by Gasteiger charge is -2.01. The summed E-state index contributed by atoms with van der Waals surface area (Å²) < 4.78 is 7.01. The maximum atomic E-state index is 2.41. The molecule has 0 fully saturated rings. The van der Waals surface area contributed by atoms with E-state index in [9.17, 15) is 0 Å². The van der Waals surface area contributed by atoms with Crippen LogP contribution in [0.4, 0.5) is 0 Å². The van der Waals surface area contributed by atoms with E-state index < -0.39 is 0 Å². The van der Waals surface area contributed by atoms with Gasteiger partial charge in [-0.05, 0) is 20.2 Å². The number of hydrogen-bond donors (Lipinski definition) is 0. The van der Waals surface area contributed by atoms with Crippen molar-refractivity contribution < 1.29 is 0 Å². The van der Waals surface area contributed by atoms with Crippen LogP contribution in [0.25, 0.3) is 17.0 Å². The molecule has 0 N–H and O–H groups in total. The molecule has 0 unspecified atom stereocenters. The van der Waals surface area contributed by atoms with Gasteiger partial charge >= 0.3 is 0 Å². The van der Waals surface area contributed by atoms with E-state index in [0.29, 0.717) is 0 Å². The van der Waals surface area contributed by atoms with Crippen LogP contribution in [0.2, 0.25) is 0 Å². The van der Waals surface area contributed by atoms with Crippen molar-refractivity contribution in [2.75, 3.05) is 0 Å².